The summed E-state index contributed by atoms with van der Waals surface area (Å²) < 4.78 is 30.8. The number of hydrogen-bond acceptors (Lipinski definition) is 3. The summed E-state index contributed by atoms with van der Waals surface area (Å²) in [5.74, 6) is -3.32. The van der Waals surface area contributed by atoms with Crippen molar-refractivity contribution in [3.63, 3.8) is 0 Å². The Morgan fingerprint density at radius 1 is 1.12 bits per heavy atom. The van der Waals surface area contributed by atoms with Crippen LogP contribution in [0.25, 0.3) is 0 Å². The van der Waals surface area contributed by atoms with Crippen LogP contribution in [0.15, 0.2) is 42.5 Å². The molecule has 1 amide bonds. The van der Waals surface area contributed by atoms with Crippen LogP contribution >= 0.6 is 11.6 Å². The molecule has 0 saturated carbocycles. The van der Waals surface area contributed by atoms with Crippen LogP contribution in [0.5, 0.6) is 0 Å². The number of halogens is 3. The number of benzene rings is 2. The third-order valence-electron chi connectivity index (χ3n) is 3.18. The van der Waals surface area contributed by atoms with Crippen LogP contribution in [0.3, 0.4) is 0 Å². The quantitative estimate of drug-likeness (QED) is 0.835. The predicted molar refractivity (Wildman–Crippen MR) is 84.7 cm³/mol. The fourth-order valence-corrected chi connectivity index (χ4v) is 2.13. The third kappa shape index (κ3) is 5.03. The van der Waals surface area contributed by atoms with E-state index in [-0.39, 0.29) is 11.6 Å². The van der Waals surface area contributed by atoms with E-state index >= 15 is 0 Å². The van der Waals surface area contributed by atoms with Crippen molar-refractivity contribution >= 4 is 23.5 Å². The van der Waals surface area contributed by atoms with Crippen molar-refractivity contribution in [3.8, 4) is 0 Å². The summed E-state index contributed by atoms with van der Waals surface area (Å²) >= 11 is 5.79. The second-order valence-electron chi connectivity index (χ2n) is 5.08. The Bertz CT molecular complexity index is 730. The molecule has 24 heavy (non-hydrogen) atoms. The SMILES string of the molecule is C[C@H](NC(=O)COC(=O)c1cc(F)cc(F)c1)c1ccc(Cl)cc1. The molecule has 0 radical (unpaired) electrons. The van der Waals surface area contributed by atoms with Gasteiger partial charge >= 0.3 is 5.97 Å². The standard InChI is InChI=1S/C17H14ClF2NO3/c1-10(11-2-4-13(18)5-3-11)21-16(22)9-24-17(23)12-6-14(19)8-15(20)7-12/h2-8,10H,9H2,1H3,(H,21,22)/t10-/m0/s1. The molecule has 1 atom stereocenters. The van der Waals surface area contributed by atoms with Crippen molar-refractivity contribution in [3.05, 3.63) is 70.2 Å². The lowest BCUT2D eigenvalue weighted by Crippen LogP contribution is -2.31. The lowest BCUT2D eigenvalue weighted by molar-refractivity contribution is -0.124. The maximum Gasteiger partial charge on any atom is 0.338 e. The van der Waals surface area contributed by atoms with Crippen LogP contribution in [-0.2, 0) is 9.53 Å². The number of esters is 1. The van der Waals surface area contributed by atoms with Gasteiger partial charge in [0.15, 0.2) is 6.61 Å². The Balaban J connectivity index is 1.88. The van der Waals surface area contributed by atoms with E-state index in [2.05, 4.69) is 5.32 Å². The van der Waals surface area contributed by atoms with Gasteiger partial charge in [0.25, 0.3) is 5.91 Å². The van der Waals surface area contributed by atoms with E-state index in [4.69, 9.17) is 16.3 Å². The number of ether oxygens (including phenoxy) is 1. The molecule has 0 aliphatic heterocycles. The molecule has 0 saturated heterocycles. The Hall–Kier alpha value is -2.47. The molecule has 0 aromatic heterocycles. The minimum atomic E-state index is -0.984. The van der Waals surface area contributed by atoms with Gasteiger partial charge in [-0.15, -0.1) is 0 Å². The summed E-state index contributed by atoms with van der Waals surface area (Å²) in [7, 11) is 0. The zero-order valence-electron chi connectivity index (χ0n) is 12.7. The zero-order chi connectivity index (χ0) is 17.7. The second kappa shape index (κ2) is 7.88. The number of rotatable bonds is 5. The molecule has 0 heterocycles. The van der Waals surface area contributed by atoms with Crippen molar-refractivity contribution < 1.29 is 23.1 Å². The molecule has 0 unspecified atom stereocenters. The van der Waals surface area contributed by atoms with Gasteiger partial charge in [0.05, 0.1) is 11.6 Å². The molecule has 7 heteroatoms. The third-order valence-corrected chi connectivity index (χ3v) is 3.43. The van der Waals surface area contributed by atoms with Gasteiger partial charge < -0.3 is 10.1 Å². The highest BCUT2D eigenvalue weighted by Gasteiger charge is 2.14. The Labute approximate surface area is 142 Å². The van der Waals surface area contributed by atoms with Crippen LogP contribution in [0.4, 0.5) is 8.78 Å². The topological polar surface area (TPSA) is 55.4 Å². The first-order valence-corrected chi connectivity index (χ1v) is 7.41. The number of amides is 1. The van der Waals surface area contributed by atoms with Crippen molar-refractivity contribution in [2.75, 3.05) is 6.61 Å². The molecule has 0 aliphatic rings. The van der Waals surface area contributed by atoms with Crippen LogP contribution in [0.2, 0.25) is 5.02 Å². The molecule has 0 fully saturated rings. The van der Waals surface area contributed by atoms with Gasteiger partial charge in [-0.25, -0.2) is 13.6 Å². The molecule has 0 spiro atoms. The highest BCUT2D eigenvalue weighted by atomic mass is 35.5. The highest BCUT2D eigenvalue weighted by molar-refractivity contribution is 6.30. The van der Waals surface area contributed by atoms with E-state index in [1.807, 2.05) is 0 Å². The maximum absolute atomic E-state index is 13.0. The summed E-state index contributed by atoms with van der Waals surface area (Å²) in [4.78, 5) is 23.5. The first-order valence-electron chi connectivity index (χ1n) is 7.03. The van der Waals surface area contributed by atoms with Crippen molar-refractivity contribution in [2.45, 2.75) is 13.0 Å². The number of hydrogen-bond donors (Lipinski definition) is 1. The smallest absolute Gasteiger partial charge is 0.338 e. The van der Waals surface area contributed by atoms with Crippen LogP contribution < -0.4 is 5.32 Å². The van der Waals surface area contributed by atoms with E-state index < -0.39 is 30.1 Å². The molecule has 0 bridgehead atoms. The first kappa shape index (κ1) is 17.9. The van der Waals surface area contributed by atoms with Crippen LogP contribution in [-0.4, -0.2) is 18.5 Å². The van der Waals surface area contributed by atoms with Gasteiger partial charge in [0.2, 0.25) is 0 Å². The van der Waals surface area contributed by atoms with Crippen molar-refractivity contribution in [1.82, 2.24) is 5.32 Å². The minimum Gasteiger partial charge on any atom is -0.452 e. The van der Waals surface area contributed by atoms with Gasteiger partial charge in [-0.1, -0.05) is 23.7 Å². The van der Waals surface area contributed by atoms with E-state index in [0.717, 1.165) is 17.7 Å². The van der Waals surface area contributed by atoms with Crippen LogP contribution in [0.1, 0.15) is 28.9 Å². The Morgan fingerprint density at radius 3 is 2.29 bits per heavy atom. The van der Waals surface area contributed by atoms with Crippen molar-refractivity contribution in [2.24, 2.45) is 0 Å². The molecular weight excluding hydrogens is 340 g/mol. The number of carbonyl (C=O) groups is 2. The Morgan fingerprint density at radius 2 is 1.71 bits per heavy atom. The first-order chi connectivity index (χ1) is 11.3. The number of nitrogens with one attached hydrogen (secondary N) is 1. The maximum atomic E-state index is 13.0. The lowest BCUT2D eigenvalue weighted by Gasteiger charge is -2.14. The molecule has 4 nitrogen and oxygen atoms in total. The van der Waals surface area contributed by atoms with E-state index in [9.17, 15) is 18.4 Å². The molecule has 0 aliphatic carbocycles. The monoisotopic (exact) mass is 353 g/mol. The zero-order valence-corrected chi connectivity index (χ0v) is 13.4. The van der Waals surface area contributed by atoms with Gasteiger partial charge in [-0.2, -0.15) is 0 Å². The molecule has 2 aromatic carbocycles. The lowest BCUT2D eigenvalue weighted by atomic mass is 10.1. The summed E-state index contributed by atoms with van der Waals surface area (Å²) in [5.41, 5.74) is 0.525. The fourth-order valence-electron chi connectivity index (χ4n) is 2.00. The Kier molecular flexibility index (Phi) is 5.87. The van der Waals surface area contributed by atoms with E-state index in [1.165, 1.54) is 0 Å². The molecule has 2 aromatic rings. The van der Waals surface area contributed by atoms with Gasteiger partial charge in [0, 0.05) is 11.1 Å². The summed E-state index contributed by atoms with van der Waals surface area (Å²) in [5, 5.41) is 3.22. The number of carbonyl (C=O) groups excluding carboxylic acids is 2. The normalized spacial score (nSPS) is 11.7. The summed E-state index contributed by atoms with van der Waals surface area (Å²) in [6.07, 6.45) is 0. The molecule has 126 valence electrons. The van der Waals surface area contributed by atoms with E-state index in [0.29, 0.717) is 11.1 Å². The minimum absolute atomic E-state index is 0.300. The summed E-state index contributed by atoms with van der Waals surface area (Å²) in [6.45, 7) is 1.19. The average molecular weight is 354 g/mol. The molecular formula is C17H14ClF2NO3. The fraction of sp³-hybridized carbons (Fsp3) is 0.176. The highest BCUT2D eigenvalue weighted by Crippen LogP contribution is 2.16. The predicted octanol–water partition coefficient (Wildman–Crippen LogP) is 3.65. The van der Waals surface area contributed by atoms with E-state index in [1.54, 1.807) is 31.2 Å². The molecule has 1 N–H and O–H groups in total. The van der Waals surface area contributed by atoms with Gasteiger partial charge in [-0.05, 0) is 36.8 Å². The van der Waals surface area contributed by atoms with Crippen molar-refractivity contribution in [1.29, 1.82) is 0 Å². The average Bonchev–Trinajstić information content (AvgIpc) is 2.52. The van der Waals surface area contributed by atoms with Gasteiger partial charge in [0.1, 0.15) is 11.6 Å². The molecule has 2 rings (SSSR count). The summed E-state index contributed by atoms with van der Waals surface area (Å²) in [6, 6.07) is 8.89. The van der Waals surface area contributed by atoms with Crippen LogP contribution in [0, 0.1) is 11.6 Å². The van der Waals surface area contributed by atoms with Gasteiger partial charge in [-0.3, -0.25) is 4.79 Å². The second-order valence-corrected chi connectivity index (χ2v) is 5.51. The largest absolute Gasteiger partial charge is 0.452 e.